The zero-order valence-corrected chi connectivity index (χ0v) is 9.60. The zero-order valence-electron chi connectivity index (χ0n) is 6.67. The van der Waals surface area contributed by atoms with Crippen LogP contribution in [0.15, 0.2) is 0 Å². The fourth-order valence-corrected chi connectivity index (χ4v) is 0.606. The smallest absolute Gasteiger partial charge is 0.151 e. The molecule has 2 nitrogen and oxygen atoms in total. The minimum absolute atomic E-state index is 0. The molecule has 0 aromatic carbocycles. The van der Waals surface area contributed by atoms with Crippen LogP contribution in [-0.4, -0.2) is 18.0 Å². The summed E-state index contributed by atoms with van der Waals surface area (Å²) >= 11 is 0. The molecule has 62 valence electrons. The van der Waals surface area contributed by atoms with Crippen LogP contribution in [0.5, 0.6) is 0 Å². The van der Waals surface area contributed by atoms with Gasteiger partial charge in [-0.3, -0.25) is 0 Å². The zero-order chi connectivity index (χ0) is 7.11. The van der Waals surface area contributed by atoms with Crippen molar-refractivity contribution in [3.63, 3.8) is 0 Å². The Morgan fingerprint density at radius 3 is 2.40 bits per heavy atom. The summed E-state index contributed by atoms with van der Waals surface area (Å²) < 4.78 is 4.90. The van der Waals surface area contributed by atoms with Gasteiger partial charge in [-0.05, 0) is 13.3 Å². The van der Waals surface area contributed by atoms with Gasteiger partial charge in [-0.15, -0.1) is 0 Å². The van der Waals surface area contributed by atoms with Crippen molar-refractivity contribution in [3.8, 4) is 0 Å². The van der Waals surface area contributed by atoms with E-state index in [1.54, 1.807) is 6.92 Å². The fraction of sp³-hybridized carbons (Fsp3) is 1.00. The Labute approximate surface area is 77.2 Å². The summed E-state index contributed by atoms with van der Waals surface area (Å²) in [4.78, 5) is 0. The topological polar surface area (TPSA) is 29.5 Å². The summed E-state index contributed by atoms with van der Waals surface area (Å²) in [6.45, 7) is 4.46. The molecule has 0 fully saturated rings. The molecule has 1 N–H and O–H groups in total. The van der Waals surface area contributed by atoms with E-state index in [0.717, 1.165) is 6.42 Å². The largest absolute Gasteiger partial charge is 0.368 e. The number of rotatable bonds is 5. The summed E-state index contributed by atoms with van der Waals surface area (Å²) in [7, 11) is 0. The van der Waals surface area contributed by atoms with E-state index in [2.05, 4.69) is 6.92 Å². The van der Waals surface area contributed by atoms with Crippen molar-refractivity contribution in [1.29, 1.82) is 0 Å². The summed E-state index contributed by atoms with van der Waals surface area (Å²) in [6, 6.07) is 0. The van der Waals surface area contributed by atoms with Crippen LogP contribution in [0.4, 0.5) is 0 Å². The van der Waals surface area contributed by atoms with E-state index < -0.39 is 6.29 Å². The Balaban J connectivity index is 0. The first-order valence-electron chi connectivity index (χ1n) is 3.57. The van der Waals surface area contributed by atoms with Gasteiger partial charge in [0.15, 0.2) is 6.29 Å². The van der Waals surface area contributed by atoms with Gasteiger partial charge in [-0.25, -0.2) is 0 Å². The number of hydrogen-bond donors (Lipinski definition) is 1. The average molecular weight is 316 g/mol. The molecule has 0 heterocycles. The summed E-state index contributed by atoms with van der Waals surface area (Å²) in [5.41, 5.74) is 0. The maximum absolute atomic E-state index is 8.63. The third-order valence-electron chi connectivity index (χ3n) is 1.11. The number of unbranched alkanes of at least 4 members (excludes halogenated alkanes) is 2. The molecule has 1 unspecified atom stereocenters. The van der Waals surface area contributed by atoms with Crippen LogP contribution in [0.25, 0.3) is 0 Å². The molecule has 0 saturated carbocycles. The predicted molar refractivity (Wildman–Crippen MR) is 37.2 cm³/mol. The molecule has 0 aliphatic carbocycles. The van der Waals surface area contributed by atoms with Gasteiger partial charge in [0.05, 0.1) is 0 Å². The molecule has 0 aliphatic heterocycles. The first-order valence-corrected chi connectivity index (χ1v) is 3.57. The van der Waals surface area contributed by atoms with Gasteiger partial charge in [0.1, 0.15) is 0 Å². The monoisotopic (exact) mass is 316 g/mol. The van der Waals surface area contributed by atoms with Gasteiger partial charge in [-0.2, -0.15) is 0 Å². The first kappa shape index (κ1) is 13.2. The standard InChI is InChI=1S/C7H16O2.W/c1-3-4-5-6-9-7(2)8;/h7-8H,3-6H2,1-2H3;. The van der Waals surface area contributed by atoms with E-state index in [1.165, 1.54) is 12.8 Å². The quantitative estimate of drug-likeness (QED) is 0.616. The second-order valence-electron chi connectivity index (χ2n) is 2.18. The Morgan fingerprint density at radius 2 is 2.00 bits per heavy atom. The van der Waals surface area contributed by atoms with Crippen LogP contribution in [0.3, 0.4) is 0 Å². The van der Waals surface area contributed by atoms with Crippen LogP contribution >= 0.6 is 0 Å². The molecule has 0 saturated heterocycles. The molecular formula is C7H16O2W. The average Bonchev–Trinajstić information content (AvgIpc) is 1.80. The van der Waals surface area contributed by atoms with E-state index in [0.29, 0.717) is 6.61 Å². The maximum Gasteiger partial charge on any atom is 0.151 e. The van der Waals surface area contributed by atoms with Crippen molar-refractivity contribution in [2.75, 3.05) is 6.61 Å². The number of aliphatic hydroxyl groups excluding tert-OH is 1. The molecule has 0 aliphatic rings. The van der Waals surface area contributed by atoms with Gasteiger partial charge in [0, 0.05) is 27.7 Å². The molecule has 0 aromatic rings. The van der Waals surface area contributed by atoms with Gasteiger partial charge in [-0.1, -0.05) is 19.8 Å². The predicted octanol–water partition coefficient (Wildman–Crippen LogP) is 1.53. The Hall–Kier alpha value is 0.608. The molecule has 1 atom stereocenters. The Bertz CT molecular complexity index is 57.6. The third kappa shape index (κ3) is 11.4. The summed E-state index contributed by atoms with van der Waals surface area (Å²) in [6.07, 6.45) is 2.85. The second-order valence-corrected chi connectivity index (χ2v) is 2.18. The van der Waals surface area contributed by atoms with Crippen LogP contribution in [0, 0.1) is 0 Å². The number of hydrogen-bond acceptors (Lipinski definition) is 2. The Kier molecular flexibility index (Phi) is 12.7. The van der Waals surface area contributed by atoms with Crippen LogP contribution in [0.2, 0.25) is 0 Å². The maximum atomic E-state index is 8.63. The van der Waals surface area contributed by atoms with Crippen molar-refractivity contribution in [1.82, 2.24) is 0 Å². The normalized spacial score (nSPS) is 12.3. The van der Waals surface area contributed by atoms with Gasteiger partial charge in [0.2, 0.25) is 0 Å². The Morgan fingerprint density at radius 1 is 1.40 bits per heavy atom. The molecule has 0 rings (SSSR count). The second kappa shape index (κ2) is 9.61. The van der Waals surface area contributed by atoms with Gasteiger partial charge >= 0.3 is 0 Å². The van der Waals surface area contributed by atoms with E-state index in [4.69, 9.17) is 9.84 Å². The molecule has 0 bridgehead atoms. The number of ether oxygens (including phenoxy) is 1. The molecule has 3 heteroatoms. The third-order valence-corrected chi connectivity index (χ3v) is 1.11. The van der Waals surface area contributed by atoms with Crippen molar-refractivity contribution in [2.24, 2.45) is 0 Å². The van der Waals surface area contributed by atoms with Crippen molar-refractivity contribution >= 4 is 0 Å². The number of aliphatic hydroxyl groups is 1. The van der Waals surface area contributed by atoms with E-state index >= 15 is 0 Å². The molecule has 0 aromatic heterocycles. The SMILES string of the molecule is CCCCCOC(C)O.[W]. The van der Waals surface area contributed by atoms with Crippen LogP contribution < -0.4 is 0 Å². The van der Waals surface area contributed by atoms with Crippen molar-refractivity contribution < 1.29 is 30.9 Å². The molecule has 10 heavy (non-hydrogen) atoms. The summed E-state index contributed by atoms with van der Waals surface area (Å²) in [5, 5.41) is 8.63. The van der Waals surface area contributed by atoms with Crippen LogP contribution in [-0.2, 0) is 25.8 Å². The van der Waals surface area contributed by atoms with Crippen molar-refractivity contribution in [3.05, 3.63) is 0 Å². The molecule has 0 radical (unpaired) electrons. The van der Waals surface area contributed by atoms with Gasteiger partial charge in [0.25, 0.3) is 0 Å². The molecule has 0 amide bonds. The molecule has 0 spiro atoms. The van der Waals surface area contributed by atoms with Crippen LogP contribution in [0.1, 0.15) is 33.1 Å². The van der Waals surface area contributed by atoms with Gasteiger partial charge < -0.3 is 9.84 Å². The summed E-state index contributed by atoms with van der Waals surface area (Å²) in [5.74, 6) is 0. The fourth-order valence-electron chi connectivity index (χ4n) is 0.606. The van der Waals surface area contributed by atoms with E-state index in [1.807, 2.05) is 0 Å². The molecular weight excluding hydrogens is 300 g/mol. The first-order chi connectivity index (χ1) is 4.27. The van der Waals surface area contributed by atoms with E-state index in [-0.39, 0.29) is 21.1 Å². The minimum atomic E-state index is -0.596. The minimum Gasteiger partial charge on any atom is -0.368 e. The van der Waals surface area contributed by atoms with Crippen molar-refractivity contribution in [2.45, 2.75) is 39.4 Å². The van der Waals surface area contributed by atoms with E-state index in [9.17, 15) is 0 Å².